The summed E-state index contributed by atoms with van der Waals surface area (Å²) in [6.07, 6.45) is 11.6. The van der Waals surface area contributed by atoms with Gasteiger partial charge in [-0.3, -0.25) is 0 Å². The summed E-state index contributed by atoms with van der Waals surface area (Å²) in [5.74, 6) is 1.85. The Morgan fingerprint density at radius 2 is 1.67 bits per heavy atom. The van der Waals surface area contributed by atoms with Gasteiger partial charge < -0.3 is 9.80 Å². The molecule has 0 saturated carbocycles. The molecule has 0 bridgehead atoms. The van der Waals surface area contributed by atoms with E-state index in [2.05, 4.69) is 35.9 Å². The lowest BCUT2D eigenvalue weighted by atomic mass is 9.92. The van der Waals surface area contributed by atoms with Crippen molar-refractivity contribution in [1.29, 1.82) is 0 Å². The zero-order chi connectivity index (χ0) is 12.8. The standard InChI is InChI=1S/C16H30N2/c1-3-4-15-7-12-18(13-8-15)14-9-16-5-10-17(2)11-6-16/h3-4,15-16H,5-14H2,1-2H3/b4-3+. The third kappa shape index (κ3) is 4.40. The Balaban J connectivity index is 1.60. The quantitative estimate of drug-likeness (QED) is 0.708. The summed E-state index contributed by atoms with van der Waals surface area (Å²) in [4.78, 5) is 5.16. The van der Waals surface area contributed by atoms with Gasteiger partial charge in [0.1, 0.15) is 0 Å². The fourth-order valence-corrected chi connectivity index (χ4v) is 3.36. The minimum Gasteiger partial charge on any atom is -0.306 e. The molecule has 2 aliphatic heterocycles. The smallest absolute Gasteiger partial charge is 0.00131 e. The van der Waals surface area contributed by atoms with Crippen molar-refractivity contribution < 1.29 is 0 Å². The minimum atomic E-state index is 0.856. The second kappa shape index (κ2) is 7.30. The van der Waals surface area contributed by atoms with E-state index in [0.29, 0.717) is 0 Å². The molecule has 0 aliphatic carbocycles. The molecule has 18 heavy (non-hydrogen) atoms. The molecule has 2 saturated heterocycles. The maximum atomic E-state index is 2.69. The van der Waals surface area contributed by atoms with Crippen LogP contribution in [0.15, 0.2) is 12.2 Å². The molecule has 2 heterocycles. The first kappa shape index (κ1) is 14.1. The molecule has 0 aromatic rings. The van der Waals surface area contributed by atoms with Crippen molar-refractivity contribution in [3.8, 4) is 0 Å². The lowest BCUT2D eigenvalue weighted by molar-refractivity contribution is 0.163. The van der Waals surface area contributed by atoms with Gasteiger partial charge >= 0.3 is 0 Å². The third-order valence-electron chi connectivity index (χ3n) is 4.79. The molecule has 2 rings (SSSR count). The Morgan fingerprint density at radius 3 is 2.28 bits per heavy atom. The van der Waals surface area contributed by atoms with Crippen LogP contribution in [-0.4, -0.2) is 49.6 Å². The van der Waals surface area contributed by atoms with E-state index in [9.17, 15) is 0 Å². The first-order chi connectivity index (χ1) is 8.78. The molecule has 0 unspecified atom stereocenters. The van der Waals surface area contributed by atoms with Crippen LogP contribution in [0.4, 0.5) is 0 Å². The zero-order valence-electron chi connectivity index (χ0n) is 12.3. The number of rotatable bonds is 4. The number of nitrogens with zero attached hydrogens (tertiary/aromatic N) is 2. The maximum absolute atomic E-state index is 2.69. The Bertz CT molecular complexity index is 246. The van der Waals surface area contributed by atoms with Crippen LogP contribution in [0, 0.1) is 11.8 Å². The number of allylic oxidation sites excluding steroid dienone is 2. The van der Waals surface area contributed by atoms with Crippen molar-refractivity contribution in [1.82, 2.24) is 9.80 Å². The number of hydrogen-bond acceptors (Lipinski definition) is 2. The molecule has 0 N–H and O–H groups in total. The fraction of sp³-hybridized carbons (Fsp3) is 0.875. The van der Waals surface area contributed by atoms with Gasteiger partial charge in [-0.25, -0.2) is 0 Å². The van der Waals surface area contributed by atoms with Crippen molar-refractivity contribution in [2.75, 3.05) is 39.8 Å². The fourth-order valence-electron chi connectivity index (χ4n) is 3.36. The summed E-state index contributed by atoms with van der Waals surface area (Å²) < 4.78 is 0. The molecule has 0 amide bonds. The maximum Gasteiger partial charge on any atom is -0.00131 e. The molecule has 0 aromatic carbocycles. The van der Waals surface area contributed by atoms with E-state index < -0.39 is 0 Å². The summed E-state index contributed by atoms with van der Waals surface area (Å²) in [5.41, 5.74) is 0. The molecule has 104 valence electrons. The number of likely N-dealkylation sites (tertiary alicyclic amines) is 2. The zero-order valence-corrected chi connectivity index (χ0v) is 12.3. The second-order valence-corrected chi connectivity index (χ2v) is 6.24. The van der Waals surface area contributed by atoms with Crippen LogP contribution in [0.5, 0.6) is 0 Å². The minimum absolute atomic E-state index is 0.856. The summed E-state index contributed by atoms with van der Waals surface area (Å²) in [6, 6.07) is 0. The molecule has 0 aromatic heterocycles. The highest BCUT2D eigenvalue weighted by atomic mass is 15.1. The molecule has 2 heteroatoms. The van der Waals surface area contributed by atoms with Crippen molar-refractivity contribution >= 4 is 0 Å². The van der Waals surface area contributed by atoms with Crippen molar-refractivity contribution in [2.24, 2.45) is 11.8 Å². The van der Waals surface area contributed by atoms with Gasteiger partial charge in [0, 0.05) is 0 Å². The lowest BCUT2D eigenvalue weighted by Gasteiger charge is -2.33. The van der Waals surface area contributed by atoms with Crippen molar-refractivity contribution in [2.45, 2.75) is 39.0 Å². The normalized spacial score (nSPS) is 26.1. The highest BCUT2D eigenvalue weighted by molar-refractivity contribution is 4.89. The van der Waals surface area contributed by atoms with Gasteiger partial charge in [-0.1, -0.05) is 12.2 Å². The molecule has 2 fully saturated rings. The predicted molar refractivity (Wildman–Crippen MR) is 78.8 cm³/mol. The molecule has 2 nitrogen and oxygen atoms in total. The Morgan fingerprint density at radius 1 is 1.00 bits per heavy atom. The SMILES string of the molecule is C/C=C/C1CCN(CCC2CCN(C)CC2)CC1. The average molecular weight is 250 g/mol. The van der Waals surface area contributed by atoms with Crippen LogP contribution >= 0.6 is 0 Å². The van der Waals surface area contributed by atoms with E-state index in [-0.39, 0.29) is 0 Å². The van der Waals surface area contributed by atoms with Crippen molar-refractivity contribution in [3.05, 3.63) is 12.2 Å². The summed E-state index contributed by atoms with van der Waals surface area (Å²) in [5, 5.41) is 0. The first-order valence-electron chi connectivity index (χ1n) is 7.81. The topological polar surface area (TPSA) is 6.48 Å². The number of piperidine rings is 2. The van der Waals surface area contributed by atoms with Crippen LogP contribution in [0.25, 0.3) is 0 Å². The van der Waals surface area contributed by atoms with Gasteiger partial charge in [0.05, 0.1) is 0 Å². The Hall–Kier alpha value is -0.340. The van der Waals surface area contributed by atoms with Crippen molar-refractivity contribution in [3.63, 3.8) is 0 Å². The lowest BCUT2D eigenvalue weighted by Crippen LogP contribution is -2.36. The third-order valence-corrected chi connectivity index (χ3v) is 4.79. The summed E-state index contributed by atoms with van der Waals surface area (Å²) >= 11 is 0. The molecule has 0 spiro atoms. The van der Waals surface area contributed by atoms with E-state index >= 15 is 0 Å². The van der Waals surface area contributed by atoms with E-state index in [1.54, 1.807) is 0 Å². The van der Waals surface area contributed by atoms with Gasteiger partial charge in [-0.2, -0.15) is 0 Å². The number of hydrogen-bond donors (Lipinski definition) is 0. The Kier molecular flexibility index (Phi) is 5.71. The highest BCUT2D eigenvalue weighted by Crippen LogP contribution is 2.22. The molecular formula is C16H30N2. The van der Waals surface area contributed by atoms with E-state index in [1.165, 1.54) is 64.8 Å². The molecular weight excluding hydrogens is 220 g/mol. The van der Waals surface area contributed by atoms with Crippen LogP contribution in [-0.2, 0) is 0 Å². The highest BCUT2D eigenvalue weighted by Gasteiger charge is 2.20. The van der Waals surface area contributed by atoms with Gasteiger partial charge in [0.2, 0.25) is 0 Å². The van der Waals surface area contributed by atoms with Crippen LogP contribution < -0.4 is 0 Å². The second-order valence-electron chi connectivity index (χ2n) is 6.24. The average Bonchev–Trinajstić information content (AvgIpc) is 2.40. The molecule has 0 atom stereocenters. The monoisotopic (exact) mass is 250 g/mol. The van der Waals surface area contributed by atoms with E-state index in [1.807, 2.05) is 0 Å². The summed E-state index contributed by atoms with van der Waals surface area (Å²) in [6.45, 7) is 8.76. The van der Waals surface area contributed by atoms with Gasteiger partial charge in [0.25, 0.3) is 0 Å². The van der Waals surface area contributed by atoms with Crippen LogP contribution in [0.1, 0.15) is 39.0 Å². The van der Waals surface area contributed by atoms with E-state index in [4.69, 9.17) is 0 Å². The molecule has 0 radical (unpaired) electrons. The van der Waals surface area contributed by atoms with Crippen LogP contribution in [0.2, 0.25) is 0 Å². The predicted octanol–water partition coefficient (Wildman–Crippen LogP) is 3.01. The molecule has 2 aliphatic rings. The van der Waals surface area contributed by atoms with Gasteiger partial charge in [0.15, 0.2) is 0 Å². The van der Waals surface area contributed by atoms with Crippen LogP contribution in [0.3, 0.4) is 0 Å². The van der Waals surface area contributed by atoms with E-state index in [0.717, 1.165) is 11.8 Å². The first-order valence-corrected chi connectivity index (χ1v) is 7.81. The largest absolute Gasteiger partial charge is 0.306 e. The summed E-state index contributed by atoms with van der Waals surface area (Å²) in [7, 11) is 2.25. The van der Waals surface area contributed by atoms with Gasteiger partial charge in [-0.05, 0) is 90.6 Å². The van der Waals surface area contributed by atoms with Gasteiger partial charge in [-0.15, -0.1) is 0 Å². The Labute approximate surface area is 113 Å².